The summed E-state index contributed by atoms with van der Waals surface area (Å²) >= 11 is 0. The number of ether oxygens (including phenoxy) is 1. The zero-order valence-electron chi connectivity index (χ0n) is 18.3. The van der Waals surface area contributed by atoms with Gasteiger partial charge in [-0.25, -0.2) is 0 Å². The Morgan fingerprint density at radius 3 is 1.48 bits per heavy atom. The summed E-state index contributed by atoms with van der Waals surface area (Å²) in [7, 11) is 0. The fourth-order valence-electron chi connectivity index (χ4n) is 3.47. The van der Waals surface area contributed by atoms with Gasteiger partial charge in [0.1, 0.15) is 0 Å². The Hall–Kier alpha value is -0.570. The monoisotopic (exact) mass is 384 g/mol. The van der Waals surface area contributed by atoms with E-state index >= 15 is 0 Å². The number of rotatable bonds is 22. The fraction of sp³-hybridized carbons (Fsp3) is 0.958. The summed E-state index contributed by atoms with van der Waals surface area (Å²) in [6, 6.07) is 0. The molecule has 1 N–H and O–H groups in total. The smallest absolute Gasteiger partial charge is 0.305 e. The Balaban J connectivity index is 3.12. The van der Waals surface area contributed by atoms with E-state index in [2.05, 4.69) is 6.92 Å². The van der Waals surface area contributed by atoms with Crippen molar-refractivity contribution < 1.29 is 14.6 Å². The summed E-state index contributed by atoms with van der Waals surface area (Å²) in [5.41, 5.74) is 0. The minimum Gasteiger partial charge on any atom is -0.466 e. The van der Waals surface area contributed by atoms with Crippen molar-refractivity contribution in [1.29, 1.82) is 0 Å². The van der Waals surface area contributed by atoms with Gasteiger partial charge in [-0.05, 0) is 19.3 Å². The summed E-state index contributed by atoms with van der Waals surface area (Å²) in [6.45, 7) is 3.16. The van der Waals surface area contributed by atoms with Crippen LogP contribution in [0.2, 0.25) is 0 Å². The SMILES string of the molecule is CCCCCCCCCCCCCCCC(=O)OCCCCCCCCO. The van der Waals surface area contributed by atoms with Gasteiger partial charge in [-0.3, -0.25) is 4.79 Å². The fourth-order valence-corrected chi connectivity index (χ4v) is 3.47. The van der Waals surface area contributed by atoms with Gasteiger partial charge >= 0.3 is 5.97 Å². The molecule has 0 fully saturated rings. The highest BCUT2D eigenvalue weighted by molar-refractivity contribution is 5.69. The molecule has 0 heterocycles. The third-order valence-electron chi connectivity index (χ3n) is 5.30. The molecule has 0 radical (unpaired) electrons. The maximum atomic E-state index is 11.7. The lowest BCUT2D eigenvalue weighted by molar-refractivity contribution is -0.143. The molecular formula is C24H48O3. The normalized spacial score (nSPS) is 11.0. The van der Waals surface area contributed by atoms with Crippen molar-refractivity contribution in [3.63, 3.8) is 0 Å². The average Bonchev–Trinajstić information content (AvgIpc) is 2.67. The second-order valence-corrected chi connectivity index (χ2v) is 8.06. The molecule has 0 saturated carbocycles. The standard InChI is InChI=1S/C24H48O3/c1-2-3-4-5-6-7-8-9-10-11-12-15-18-21-24(26)27-23-20-17-14-13-16-19-22-25/h25H,2-23H2,1H3. The van der Waals surface area contributed by atoms with Crippen molar-refractivity contribution in [1.82, 2.24) is 0 Å². The van der Waals surface area contributed by atoms with Crippen LogP contribution in [0.5, 0.6) is 0 Å². The van der Waals surface area contributed by atoms with Crippen LogP contribution in [-0.4, -0.2) is 24.3 Å². The molecule has 0 aliphatic carbocycles. The van der Waals surface area contributed by atoms with E-state index in [-0.39, 0.29) is 5.97 Å². The molecule has 0 aromatic rings. The molecule has 0 spiro atoms. The van der Waals surface area contributed by atoms with Gasteiger partial charge in [0, 0.05) is 13.0 Å². The third-order valence-corrected chi connectivity index (χ3v) is 5.30. The zero-order valence-corrected chi connectivity index (χ0v) is 18.3. The largest absolute Gasteiger partial charge is 0.466 e. The van der Waals surface area contributed by atoms with Gasteiger partial charge in [0.05, 0.1) is 6.61 Å². The molecule has 0 unspecified atom stereocenters. The van der Waals surface area contributed by atoms with Crippen molar-refractivity contribution in [2.45, 2.75) is 135 Å². The molecule has 3 heteroatoms. The first-order chi connectivity index (χ1) is 13.3. The van der Waals surface area contributed by atoms with Crippen molar-refractivity contribution in [3.05, 3.63) is 0 Å². The number of aliphatic hydroxyl groups is 1. The summed E-state index contributed by atoms with van der Waals surface area (Å²) in [5.74, 6) is -0.0154. The summed E-state index contributed by atoms with van der Waals surface area (Å²) in [4.78, 5) is 11.7. The van der Waals surface area contributed by atoms with E-state index in [1.807, 2.05) is 0 Å². The summed E-state index contributed by atoms with van der Waals surface area (Å²) in [6.07, 6.45) is 24.4. The lowest BCUT2D eigenvalue weighted by atomic mass is 10.0. The van der Waals surface area contributed by atoms with Gasteiger partial charge in [0.25, 0.3) is 0 Å². The predicted molar refractivity (Wildman–Crippen MR) is 116 cm³/mol. The Morgan fingerprint density at radius 1 is 0.593 bits per heavy atom. The van der Waals surface area contributed by atoms with Crippen LogP contribution in [-0.2, 0) is 9.53 Å². The van der Waals surface area contributed by atoms with Crippen LogP contribution in [0, 0.1) is 0 Å². The number of aliphatic hydroxyl groups excluding tert-OH is 1. The second kappa shape index (κ2) is 23.5. The van der Waals surface area contributed by atoms with Crippen LogP contribution in [0.1, 0.15) is 135 Å². The molecule has 27 heavy (non-hydrogen) atoms. The Labute approximate surface area is 169 Å². The molecule has 3 nitrogen and oxygen atoms in total. The van der Waals surface area contributed by atoms with Crippen LogP contribution >= 0.6 is 0 Å². The lowest BCUT2D eigenvalue weighted by Crippen LogP contribution is -2.05. The van der Waals surface area contributed by atoms with Crippen LogP contribution in [0.25, 0.3) is 0 Å². The first-order valence-corrected chi connectivity index (χ1v) is 12.1. The predicted octanol–water partition coefficient (Wildman–Crippen LogP) is 7.34. The highest BCUT2D eigenvalue weighted by Crippen LogP contribution is 2.13. The van der Waals surface area contributed by atoms with E-state index in [1.165, 1.54) is 83.5 Å². The number of esters is 1. The van der Waals surface area contributed by atoms with E-state index in [0.29, 0.717) is 19.6 Å². The van der Waals surface area contributed by atoms with Gasteiger partial charge in [-0.2, -0.15) is 0 Å². The van der Waals surface area contributed by atoms with Crippen LogP contribution < -0.4 is 0 Å². The van der Waals surface area contributed by atoms with Crippen molar-refractivity contribution in [3.8, 4) is 0 Å². The van der Waals surface area contributed by atoms with Gasteiger partial charge in [-0.15, -0.1) is 0 Å². The van der Waals surface area contributed by atoms with E-state index < -0.39 is 0 Å². The molecule has 162 valence electrons. The molecule has 0 bridgehead atoms. The molecule has 0 saturated heterocycles. The lowest BCUT2D eigenvalue weighted by Gasteiger charge is -2.05. The maximum Gasteiger partial charge on any atom is 0.305 e. The average molecular weight is 385 g/mol. The van der Waals surface area contributed by atoms with Crippen LogP contribution in [0.3, 0.4) is 0 Å². The Kier molecular flexibility index (Phi) is 23.0. The highest BCUT2D eigenvalue weighted by atomic mass is 16.5. The van der Waals surface area contributed by atoms with Gasteiger partial charge in [-0.1, -0.05) is 110 Å². The van der Waals surface area contributed by atoms with Crippen molar-refractivity contribution in [2.24, 2.45) is 0 Å². The van der Waals surface area contributed by atoms with Crippen molar-refractivity contribution >= 4 is 5.97 Å². The molecule has 0 atom stereocenters. The van der Waals surface area contributed by atoms with Gasteiger partial charge < -0.3 is 9.84 Å². The maximum absolute atomic E-state index is 11.7. The van der Waals surface area contributed by atoms with Crippen LogP contribution in [0.4, 0.5) is 0 Å². The molecule has 0 aliphatic heterocycles. The van der Waals surface area contributed by atoms with Crippen LogP contribution in [0.15, 0.2) is 0 Å². The van der Waals surface area contributed by atoms with E-state index in [4.69, 9.17) is 9.84 Å². The summed E-state index contributed by atoms with van der Waals surface area (Å²) < 4.78 is 5.30. The minimum atomic E-state index is -0.0154. The first kappa shape index (κ1) is 26.4. The van der Waals surface area contributed by atoms with E-state index in [0.717, 1.165) is 38.5 Å². The molecule has 0 aromatic heterocycles. The molecular weight excluding hydrogens is 336 g/mol. The first-order valence-electron chi connectivity index (χ1n) is 12.1. The van der Waals surface area contributed by atoms with Gasteiger partial charge in [0.15, 0.2) is 0 Å². The third kappa shape index (κ3) is 23.4. The molecule has 0 rings (SSSR count). The molecule has 0 aromatic carbocycles. The quantitative estimate of drug-likeness (QED) is 0.157. The Morgan fingerprint density at radius 2 is 1.00 bits per heavy atom. The number of unbranched alkanes of at least 4 members (excludes halogenated alkanes) is 17. The number of hydrogen-bond acceptors (Lipinski definition) is 3. The Bertz CT molecular complexity index is 291. The van der Waals surface area contributed by atoms with E-state index in [1.54, 1.807) is 0 Å². The summed E-state index contributed by atoms with van der Waals surface area (Å²) in [5, 5.41) is 8.70. The highest BCUT2D eigenvalue weighted by Gasteiger charge is 2.02. The topological polar surface area (TPSA) is 46.5 Å². The van der Waals surface area contributed by atoms with Crippen molar-refractivity contribution in [2.75, 3.05) is 13.2 Å². The number of hydrogen-bond donors (Lipinski definition) is 1. The molecule has 0 aliphatic rings. The van der Waals surface area contributed by atoms with Gasteiger partial charge in [0.2, 0.25) is 0 Å². The number of carbonyl (C=O) groups is 1. The van der Waals surface area contributed by atoms with E-state index in [9.17, 15) is 4.79 Å². The number of carbonyl (C=O) groups excluding carboxylic acids is 1. The minimum absolute atomic E-state index is 0.0154. The zero-order chi connectivity index (χ0) is 19.8. The molecule has 0 amide bonds. The second-order valence-electron chi connectivity index (χ2n) is 8.06.